The van der Waals surface area contributed by atoms with Gasteiger partial charge < -0.3 is 15.3 Å². The molecule has 4 heteroatoms. The van der Waals surface area contributed by atoms with Crippen LogP contribution in [0.3, 0.4) is 0 Å². The summed E-state index contributed by atoms with van der Waals surface area (Å²) < 4.78 is 0. The molecule has 11 heavy (non-hydrogen) atoms. The SMILES string of the molecule is CCC(C)NC[SiH](NC)NC. The molecule has 0 amide bonds. The summed E-state index contributed by atoms with van der Waals surface area (Å²) in [6.07, 6.45) is 2.32. The summed E-state index contributed by atoms with van der Waals surface area (Å²) in [7, 11) is 3.17. The maximum Gasteiger partial charge on any atom is 0.198 e. The molecule has 0 heterocycles. The van der Waals surface area contributed by atoms with Gasteiger partial charge in [-0.2, -0.15) is 0 Å². The molecule has 1 unspecified atom stereocenters. The Morgan fingerprint density at radius 3 is 2.18 bits per heavy atom. The molecule has 0 bridgehead atoms. The zero-order valence-corrected chi connectivity index (χ0v) is 9.22. The van der Waals surface area contributed by atoms with Gasteiger partial charge in [-0.3, -0.25) is 0 Å². The number of rotatable bonds is 6. The van der Waals surface area contributed by atoms with Crippen LogP contribution in [0.2, 0.25) is 0 Å². The molecule has 0 rings (SSSR count). The topological polar surface area (TPSA) is 36.1 Å². The molecule has 0 aliphatic heterocycles. The van der Waals surface area contributed by atoms with Crippen LogP contribution in [0.25, 0.3) is 0 Å². The lowest BCUT2D eigenvalue weighted by atomic mass is 10.3. The Labute approximate surface area is 71.7 Å². The van der Waals surface area contributed by atoms with Gasteiger partial charge in [0.25, 0.3) is 0 Å². The second-order valence-electron chi connectivity index (χ2n) is 2.85. The monoisotopic (exact) mass is 175 g/mol. The van der Waals surface area contributed by atoms with E-state index in [1.807, 2.05) is 14.1 Å². The quantitative estimate of drug-likeness (QED) is 0.480. The zero-order chi connectivity index (χ0) is 8.69. The van der Waals surface area contributed by atoms with Gasteiger partial charge in [-0.15, -0.1) is 0 Å². The summed E-state index contributed by atoms with van der Waals surface area (Å²) in [5.41, 5.74) is 0. The molecule has 0 aromatic carbocycles. The van der Waals surface area contributed by atoms with E-state index in [1.54, 1.807) is 0 Å². The molecular weight excluding hydrogens is 154 g/mol. The molecule has 0 aromatic heterocycles. The molecular formula is C7H21N3Si. The van der Waals surface area contributed by atoms with E-state index in [4.69, 9.17) is 0 Å². The van der Waals surface area contributed by atoms with Crippen molar-refractivity contribution < 1.29 is 0 Å². The van der Waals surface area contributed by atoms with E-state index < -0.39 is 9.12 Å². The van der Waals surface area contributed by atoms with Crippen molar-refractivity contribution in [2.45, 2.75) is 26.3 Å². The molecule has 68 valence electrons. The lowest BCUT2D eigenvalue weighted by Gasteiger charge is -2.16. The maximum absolute atomic E-state index is 3.47. The Kier molecular flexibility index (Phi) is 6.85. The molecule has 0 saturated heterocycles. The first-order valence-electron chi connectivity index (χ1n) is 4.32. The van der Waals surface area contributed by atoms with Crippen molar-refractivity contribution in [2.24, 2.45) is 0 Å². The third kappa shape index (κ3) is 5.38. The van der Waals surface area contributed by atoms with Gasteiger partial charge in [0, 0.05) is 12.2 Å². The Morgan fingerprint density at radius 2 is 1.82 bits per heavy atom. The molecule has 0 spiro atoms. The van der Waals surface area contributed by atoms with Gasteiger partial charge in [-0.1, -0.05) is 6.92 Å². The van der Waals surface area contributed by atoms with Gasteiger partial charge in [-0.05, 0) is 27.4 Å². The summed E-state index contributed by atoms with van der Waals surface area (Å²) in [5, 5.41) is 3.47. The third-order valence-electron chi connectivity index (χ3n) is 1.98. The second-order valence-corrected chi connectivity index (χ2v) is 5.52. The minimum Gasteiger partial charge on any atom is -0.330 e. The van der Waals surface area contributed by atoms with Gasteiger partial charge >= 0.3 is 0 Å². The van der Waals surface area contributed by atoms with Crippen LogP contribution in [0.5, 0.6) is 0 Å². The Bertz CT molecular complexity index is 85.8. The minimum atomic E-state index is -0.873. The van der Waals surface area contributed by atoms with Crippen molar-refractivity contribution in [3.63, 3.8) is 0 Å². The highest BCUT2D eigenvalue weighted by molar-refractivity contribution is 6.53. The molecule has 0 aromatic rings. The number of hydrogen-bond acceptors (Lipinski definition) is 3. The first-order chi connectivity index (χ1) is 5.24. The molecule has 0 saturated carbocycles. The summed E-state index contributed by atoms with van der Waals surface area (Å²) in [4.78, 5) is 6.59. The van der Waals surface area contributed by atoms with Crippen LogP contribution < -0.4 is 15.3 Å². The average molecular weight is 175 g/mol. The molecule has 0 radical (unpaired) electrons. The van der Waals surface area contributed by atoms with E-state index in [2.05, 4.69) is 29.1 Å². The van der Waals surface area contributed by atoms with Crippen molar-refractivity contribution in [1.29, 1.82) is 0 Å². The smallest absolute Gasteiger partial charge is 0.198 e. The number of hydrogen-bond donors (Lipinski definition) is 3. The molecule has 3 N–H and O–H groups in total. The van der Waals surface area contributed by atoms with Crippen molar-refractivity contribution in [1.82, 2.24) is 15.3 Å². The predicted molar refractivity (Wildman–Crippen MR) is 53.0 cm³/mol. The fourth-order valence-electron chi connectivity index (χ4n) is 0.812. The normalized spacial score (nSPS) is 13.9. The fourth-order valence-corrected chi connectivity index (χ4v) is 2.15. The summed E-state index contributed by atoms with van der Waals surface area (Å²) >= 11 is 0. The maximum atomic E-state index is 3.47. The largest absolute Gasteiger partial charge is 0.330 e. The highest BCUT2D eigenvalue weighted by atomic mass is 28.3. The van der Waals surface area contributed by atoms with Gasteiger partial charge in [0.1, 0.15) is 0 Å². The lowest BCUT2D eigenvalue weighted by Crippen LogP contribution is -2.52. The van der Waals surface area contributed by atoms with E-state index >= 15 is 0 Å². The van der Waals surface area contributed by atoms with Crippen molar-refractivity contribution in [3.8, 4) is 0 Å². The first kappa shape index (κ1) is 11.1. The van der Waals surface area contributed by atoms with Crippen LogP contribution in [0.1, 0.15) is 20.3 Å². The Morgan fingerprint density at radius 1 is 1.27 bits per heavy atom. The van der Waals surface area contributed by atoms with Gasteiger partial charge in [0.15, 0.2) is 9.12 Å². The number of nitrogens with one attached hydrogen (secondary N) is 3. The third-order valence-corrected chi connectivity index (χ3v) is 4.02. The molecule has 0 aliphatic rings. The molecule has 1 atom stereocenters. The van der Waals surface area contributed by atoms with E-state index in [9.17, 15) is 0 Å². The van der Waals surface area contributed by atoms with Gasteiger partial charge in [0.05, 0.1) is 0 Å². The lowest BCUT2D eigenvalue weighted by molar-refractivity contribution is 0.573. The summed E-state index contributed by atoms with van der Waals surface area (Å²) in [6.45, 7) is 4.42. The van der Waals surface area contributed by atoms with E-state index in [0.717, 1.165) is 6.17 Å². The van der Waals surface area contributed by atoms with Crippen LogP contribution in [-0.4, -0.2) is 35.4 Å². The minimum absolute atomic E-state index is 0.645. The highest BCUT2D eigenvalue weighted by Crippen LogP contribution is 1.85. The van der Waals surface area contributed by atoms with Gasteiger partial charge in [-0.25, -0.2) is 0 Å². The van der Waals surface area contributed by atoms with Crippen molar-refractivity contribution in [3.05, 3.63) is 0 Å². The molecule has 3 nitrogen and oxygen atoms in total. The first-order valence-corrected chi connectivity index (χ1v) is 6.29. The highest BCUT2D eigenvalue weighted by Gasteiger charge is 2.05. The molecule has 0 aliphatic carbocycles. The van der Waals surface area contributed by atoms with Gasteiger partial charge in [0.2, 0.25) is 0 Å². The van der Waals surface area contributed by atoms with E-state index in [0.29, 0.717) is 6.04 Å². The summed E-state index contributed by atoms with van der Waals surface area (Å²) in [5.74, 6) is 0. The van der Waals surface area contributed by atoms with E-state index in [-0.39, 0.29) is 0 Å². The van der Waals surface area contributed by atoms with Crippen LogP contribution in [-0.2, 0) is 0 Å². The molecule has 0 fully saturated rings. The second kappa shape index (κ2) is 6.79. The zero-order valence-electron chi connectivity index (χ0n) is 8.07. The predicted octanol–water partition coefficient (Wildman–Crippen LogP) is -0.427. The summed E-state index contributed by atoms with van der Waals surface area (Å²) in [6, 6.07) is 0.645. The van der Waals surface area contributed by atoms with Crippen LogP contribution in [0.15, 0.2) is 0 Å². The van der Waals surface area contributed by atoms with E-state index in [1.165, 1.54) is 6.42 Å². The Hall–Kier alpha value is 0.0969. The standard InChI is InChI=1S/C7H21N3Si/c1-5-7(2)10-6-11(8-3)9-4/h7-11H,5-6H2,1-4H3. The van der Waals surface area contributed by atoms with Crippen LogP contribution in [0, 0.1) is 0 Å². The average Bonchev–Trinajstić information content (AvgIpc) is 2.06. The Balaban J connectivity index is 3.34. The van der Waals surface area contributed by atoms with Crippen LogP contribution in [0.4, 0.5) is 0 Å². The van der Waals surface area contributed by atoms with Crippen molar-refractivity contribution >= 4 is 9.12 Å². The van der Waals surface area contributed by atoms with Crippen molar-refractivity contribution in [2.75, 3.05) is 20.3 Å². The fraction of sp³-hybridized carbons (Fsp3) is 1.00. The van der Waals surface area contributed by atoms with Crippen LogP contribution >= 0.6 is 0 Å².